The molecular formula is C7H2ClF2NO3. The Balaban J connectivity index is 3.46. The Bertz CT molecular complexity index is 383. The number of hydrogen-bond donors (Lipinski definition) is 0. The fourth-order valence-electron chi connectivity index (χ4n) is 0.845. The molecule has 0 bridgehead atoms. The summed E-state index contributed by atoms with van der Waals surface area (Å²) in [7, 11) is 0. The highest BCUT2D eigenvalue weighted by Gasteiger charge is 2.22. The first-order chi connectivity index (χ1) is 6.43. The molecule has 0 saturated carbocycles. The predicted octanol–water partition coefficient (Wildman–Crippen LogP) is 2.25. The van der Waals surface area contributed by atoms with Crippen LogP contribution in [0, 0.1) is 21.7 Å². The molecule has 7 heteroatoms. The maximum absolute atomic E-state index is 12.6. The highest BCUT2D eigenvalue weighted by Crippen LogP contribution is 2.23. The van der Waals surface area contributed by atoms with Crippen LogP contribution in [0.3, 0.4) is 0 Å². The van der Waals surface area contributed by atoms with Crippen molar-refractivity contribution in [2.24, 2.45) is 0 Å². The van der Waals surface area contributed by atoms with Crippen molar-refractivity contribution in [2.75, 3.05) is 0 Å². The van der Waals surface area contributed by atoms with Crippen LogP contribution in [0.5, 0.6) is 0 Å². The maximum atomic E-state index is 12.6. The van der Waals surface area contributed by atoms with Crippen molar-refractivity contribution < 1.29 is 18.5 Å². The van der Waals surface area contributed by atoms with E-state index in [1.807, 2.05) is 0 Å². The minimum atomic E-state index is -1.40. The number of carbonyl (C=O) groups excluding carboxylic acids is 1. The van der Waals surface area contributed by atoms with Gasteiger partial charge in [-0.2, -0.15) is 0 Å². The van der Waals surface area contributed by atoms with Crippen molar-refractivity contribution in [2.45, 2.75) is 0 Å². The van der Waals surface area contributed by atoms with Crippen LogP contribution in [0.15, 0.2) is 12.1 Å². The van der Waals surface area contributed by atoms with Gasteiger partial charge in [-0.1, -0.05) is 0 Å². The van der Waals surface area contributed by atoms with Gasteiger partial charge in [-0.15, -0.1) is 0 Å². The first-order valence-electron chi connectivity index (χ1n) is 3.26. The fraction of sp³-hybridized carbons (Fsp3) is 0. The standard InChI is InChI=1S/C7H2ClF2NO3/c8-7(12)3-1-4(9)5(10)2-6(3)11(13)14/h1-2H. The molecule has 0 aliphatic carbocycles. The monoisotopic (exact) mass is 221 g/mol. The van der Waals surface area contributed by atoms with E-state index in [4.69, 9.17) is 11.6 Å². The lowest BCUT2D eigenvalue weighted by Crippen LogP contribution is -2.01. The van der Waals surface area contributed by atoms with E-state index in [0.29, 0.717) is 12.1 Å². The van der Waals surface area contributed by atoms with Gasteiger partial charge in [-0.3, -0.25) is 14.9 Å². The fourth-order valence-corrected chi connectivity index (χ4v) is 0.996. The van der Waals surface area contributed by atoms with E-state index < -0.39 is 33.1 Å². The number of hydrogen-bond acceptors (Lipinski definition) is 3. The topological polar surface area (TPSA) is 60.2 Å². The van der Waals surface area contributed by atoms with Crippen LogP contribution in [-0.2, 0) is 0 Å². The second-order valence-corrected chi connectivity index (χ2v) is 2.66. The molecule has 0 aliphatic heterocycles. The Morgan fingerprint density at radius 1 is 1.36 bits per heavy atom. The molecule has 0 fully saturated rings. The number of nitrogens with zero attached hydrogens (tertiary/aromatic N) is 1. The molecule has 1 aromatic carbocycles. The largest absolute Gasteiger partial charge is 0.284 e. The van der Waals surface area contributed by atoms with Crippen molar-refractivity contribution >= 4 is 22.5 Å². The molecule has 4 nitrogen and oxygen atoms in total. The second-order valence-electron chi connectivity index (χ2n) is 2.31. The third kappa shape index (κ3) is 1.85. The van der Waals surface area contributed by atoms with Gasteiger partial charge in [0.05, 0.1) is 11.0 Å². The van der Waals surface area contributed by atoms with E-state index in [-0.39, 0.29) is 0 Å². The summed E-state index contributed by atoms with van der Waals surface area (Å²) in [6.45, 7) is 0. The summed E-state index contributed by atoms with van der Waals surface area (Å²) in [6.07, 6.45) is 0. The van der Waals surface area contributed by atoms with Gasteiger partial charge in [-0.05, 0) is 17.7 Å². The van der Waals surface area contributed by atoms with E-state index in [2.05, 4.69) is 0 Å². The Labute approximate surface area is 81.2 Å². The Morgan fingerprint density at radius 2 is 1.86 bits per heavy atom. The molecule has 0 heterocycles. The summed E-state index contributed by atoms with van der Waals surface area (Å²) in [6, 6.07) is 0.702. The SMILES string of the molecule is O=C(Cl)c1cc(F)c(F)cc1[N+](=O)[O-]. The van der Waals surface area contributed by atoms with Crippen LogP contribution in [0.25, 0.3) is 0 Å². The van der Waals surface area contributed by atoms with E-state index >= 15 is 0 Å². The highest BCUT2D eigenvalue weighted by atomic mass is 35.5. The first kappa shape index (κ1) is 10.5. The van der Waals surface area contributed by atoms with E-state index in [1.54, 1.807) is 0 Å². The molecule has 0 amide bonds. The molecule has 0 aliphatic rings. The van der Waals surface area contributed by atoms with Crippen LogP contribution in [-0.4, -0.2) is 10.2 Å². The van der Waals surface area contributed by atoms with Crippen LogP contribution in [0.2, 0.25) is 0 Å². The lowest BCUT2D eigenvalue weighted by molar-refractivity contribution is -0.385. The Morgan fingerprint density at radius 3 is 2.29 bits per heavy atom. The van der Waals surface area contributed by atoms with Gasteiger partial charge in [-0.25, -0.2) is 8.78 Å². The molecule has 0 aromatic heterocycles. The van der Waals surface area contributed by atoms with Crippen molar-refractivity contribution in [3.05, 3.63) is 39.4 Å². The van der Waals surface area contributed by atoms with Crippen LogP contribution in [0.1, 0.15) is 10.4 Å². The molecule has 0 spiro atoms. The van der Waals surface area contributed by atoms with Crippen molar-refractivity contribution in [3.63, 3.8) is 0 Å². The molecule has 74 valence electrons. The zero-order valence-electron chi connectivity index (χ0n) is 6.46. The molecule has 0 radical (unpaired) electrons. The second kappa shape index (κ2) is 3.67. The molecule has 1 aromatic rings. The van der Waals surface area contributed by atoms with Crippen LogP contribution in [0.4, 0.5) is 14.5 Å². The predicted molar refractivity (Wildman–Crippen MR) is 43.2 cm³/mol. The maximum Gasteiger partial charge on any atom is 0.284 e. The lowest BCUT2D eigenvalue weighted by Gasteiger charge is -1.98. The minimum absolute atomic E-state index is 0.310. The number of nitro benzene ring substituents is 1. The quantitative estimate of drug-likeness (QED) is 0.437. The average molecular weight is 222 g/mol. The number of halogens is 3. The zero-order chi connectivity index (χ0) is 10.9. The summed E-state index contributed by atoms with van der Waals surface area (Å²) in [4.78, 5) is 19.9. The normalized spacial score (nSPS) is 9.93. The third-order valence-corrected chi connectivity index (χ3v) is 1.65. The van der Waals surface area contributed by atoms with Crippen molar-refractivity contribution in [1.82, 2.24) is 0 Å². The van der Waals surface area contributed by atoms with E-state index in [0.717, 1.165) is 0 Å². The number of benzene rings is 1. The molecule has 14 heavy (non-hydrogen) atoms. The lowest BCUT2D eigenvalue weighted by atomic mass is 10.2. The Kier molecular flexibility index (Phi) is 2.76. The third-order valence-electron chi connectivity index (χ3n) is 1.45. The zero-order valence-corrected chi connectivity index (χ0v) is 7.22. The number of nitro groups is 1. The highest BCUT2D eigenvalue weighted by molar-refractivity contribution is 6.68. The van der Waals surface area contributed by atoms with Gasteiger partial charge in [0.25, 0.3) is 10.9 Å². The summed E-state index contributed by atoms with van der Waals surface area (Å²) >= 11 is 4.94. The molecule has 0 unspecified atom stereocenters. The first-order valence-corrected chi connectivity index (χ1v) is 3.64. The summed E-state index contributed by atoms with van der Waals surface area (Å²) < 4.78 is 25.1. The van der Waals surface area contributed by atoms with E-state index in [9.17, 15) is 23.7 Å². The van der Waals surface area contributed by atoms with Crippen LogP contribution >= 0.6 is 11.6 Å². The average Bonchev–Trinajstić information content (AvgIpc) is 2.08. The molecule has 0 saturated heterocycles. The minimum Gasteiger partial charge on any atom is -0.275 e. The van der Waals surface area contributed by atoms with Crippen molar-refractivity contribution in [1.29, 1.82) is 0 Å². The van der Waals surface area contributed by atoms with Gasteiger partial charge in [0.15, 0.2) is 11.6 Å². The van der Waals surface area contributed by atoms with Gasteiger partial charge in [0, 0.05) is 0 Å². The summed E-state index contributed by atoms with van der Waals surface area (Å²) in [5, 5.41) is 9.08. The van der Waals surface area contributed by atoms with Gasteiger partial charge >= 0.3 is 0 Å². The summed E-state index contributed by atoms with van der Waals surface area (Å²) in [5.41, 5.74) is -1.53. The molecule has 0 N–H and O–H groups in total. The molecule has 0 atom stereocenters. The molecule has 1 rings (SSSR count). The van der Waals surface area contributed by atoms with Gasteiger partial charge < -0.3 is 0 Å². The van der Waals surface area contributed by atoms with Gasteiger partial charge in [0.2, 0.25) is 0 Å². The number of carbonyl (C=O) groups is 1. The summed E-state index contributed by atoms with van der Waals surface area (Å²) in [5.74, 6) is -2.77. The van der Waals surface area contributed by atoms with Gasteiger partial charge in [0.1, 0.15) is 5.56 Å². The van der Waals surface area contributed by atoms with E-state index in [1.165, 1.54) is 0 Å². The Hall–Kier alpha value is -1.56. The van der Waals surface area contributed by atoms with Crippen molar-refractivity contribution in [3.8, 4) is 0 Å². The molecular weight excluding hydrogens is 220 g/mol. The van der Waals surface area contributed by atoms with Crippen LogP contribution < -0.4 is 0 Å². The smallest absolute Gasteiger partial charge is 0.275 e. The number of rotatable bonds is 2.